The number of rotatable bonds is 3. The highest BCUT2D eigenvalue weighted by Gasteiger charge is 2.26. The standard InChI is InChI=1S/C17H17FN4O3/c18-15-2-1-13(23)10-14(15)17(25)22-7-5-21(6-8-22)16(24)9-12-11-19-3-4-20-12/h1-4,10-11,23H,5-9H2. The zero-order valence-corrected chi connectivity index (χ0v) is 13.4. The molecular formula is C17H17FN4O3. The number of aromatic hydroxyl groups is 1. The SMILES string of the molecule is O=C(Cc1cnccn1)N1CCN(C(=O)c2cc(O)ccc2F)CC1. The summed E-state index contributed by atoms with van der Waals surface area (Å²) in [6, 6.07) is 3.36. The molecule has 7 nitrogen and oxygen atoms in total. The Hall–Kier alpha value is -3.03. The zero-order chi connectivity index (χ0) is 17.8. The van der Waals surface area contributed by atoms with E-state index in [0.717, 1.165) is 12.1 Å². The molecule has 2 amide bonds. The molecule has 1 aliphatic heterocycles. The second-order valence-corrected chi connectivity index (χ2v) is 5.71. The zero-order valence-electron chi connectivity index (χ0n) is 13.4. The van der Waals surface area contributed by atoms with E-state index in [4.69, 9.17) is 0 Å². The van der Waals surface area contributed by atoms with Gasteiger partial charge in [-0.3, -0.25) is 19.6 Å². The van der Waals surface area contributed by atoms with E-state index in [1.165, 1.54) is 17.2 Å². The first-order valence-electron chi connectivity index (χ1n) is 7.85. The molecule has 0 spiro atoms. The molecule has 0 aliphatic carbocycles. The quantitative estimate of drug-likeness (QED) is 0.892. The Labute approximate surface area is 143 Å². The molecule has 0 bridgehead atoms. The molecule has 3 rings (SSSR count). The molecule has 2 aromatic rings. The van der Waals surface area contributed by atoms with Gasteiger partial charge in [0.1, 0.15) is 11.6 Å². The highest BCUT2D eigenvalue weighted by Crippen LogP contribution is 2.18. The summed E-state index contributed by atoms with van der Waals surface area (Å²) < 4.78 is 13.8. The van der Waals surface area contributed by atoms with Gasteiger partial charge < -0.3 is 14.9 Å². The molecule has 0 unspecified atom stereocenters. The first kappa shape index (κ1) is 16.8. The number of phenols is 1. The summed E-state index contributed by atoms with van der Waals surface area (Å²) in [4.78, 5) is 35.8. The van der Waals surface area contributed by atoms with E-state index >= 15 is 0 Å². The summed E-state index contributed by atoms with van der Waals surface area (Å²) in [5.41, 5.74) is 0.423. The van der Waals surface area contributed by atoms with Crippen LogP contribution in [0.15, 0.2) is 36.8 Å². The van der Waals surface area contributed by atoms with Crippen molar-refractivity contribution in [3.8, 4) is 5.75 Å². The Bertz CT molecular complexity index is 777. The maximum atomic E-state index is 13.8. The molecule has 0 saturated carbocycles. The van der Waals surface area contributed by atoms with E-state index in [1.807, 2.05) is 0 Å². The molecule has 130 valence electrons. The van der Waals surface area contributed by atoms with Gasteiger partial charge in [0.15, 0.2) is 0 Å². The lowest BCUT2D eigenvalue weighted by molar-refractivity contribution is -0.132. The Balaban J connectivity index is 1.59. The van der Waals surface area contributed by atoms with Crippen LogP contribution >= 0.6 is 0 Å². The predicted molar refractivity (Wildman–Crippen MR) is 86.3 cm³/mol. The van der Waals surface area contributed by atoms with Crippen LogP contribution in [-0.4, -0.2) is 62.9 Å². The Morgan fingerprint density at radius 1 is 1.12 bits per heavy atom. The third-order valence-corrected chi connectivity index (χ3v) is 4.05. The van der Waals surface area contributed by atoms with E-state index in [2.05, 4.69) is 9.97 Å². The fourth-order valence-electron chi connectivity index (χ4n) is 2.69. The molecule has 0 atom stereocenters. The molecule has 25 heavy (non-hydrogen) atoms. The molecule has 1 aromatic carbocycles. The van der Waals surface area contributed by atoms with Crippen LogP contribution in [-0.2, 0) is 11.2 Å². The maximum absolute atomic E-state index is 13.8. The minimum absolute atomic E-state index is 0.0869. The predicted octanol–water partition coefficient (Wildman–Crippen LogP) is 0.848. The fourth-order valence-corrected chi connectivity index (χ4v) is 2.69. The average molecular weight is 344 g/mol. The fraction of sp³-hybridized carbons (Fsp3) is 0.294. The average Bonchev–Trinajstić information content (AvgIpc) is 2.64. The van der Waals surface area contributed by atoms with Crippen molar-refractivity contribution in [2.75, 3.05) is 26.2 Å². The van der Waals surface area contributed by atoms with Crippen molar-refractivity contribution in [3.63, 3.8) is 0 Å². The van der Waals surface area contributed by atoms with Crippen LogP contribution in [0.25, 0.3) is 0 Å². The van der Waals surface area contributed by atoms with Crippen molar-refractivity contribution >= 4 is 11.8 Å². The minimum Gasteiger partial charge on any atom is -0.508 e. The maximum Gasteiger partial charge on any atom is 0.257 e. The molecule has 2 heterocycles. The number of nitrogens with zero attached hydrogens (tertiary/aromatic N) is 4. The van der Waals surface area contributed by atoms with Crippen molar-refractivity contribution in [1.29, 1.82) is 0 Å². The lowest BCUT2D eigenvalue weighted by Gasteiger charge is -2.34. The number of carbonyl (C=O) groups excluding carboxylic acids is 2. The van der Waals surface area contributed by atoms with Crippen molar-refractivity contribution < 1.29 is 19.1 Å². The highest BCUT2D eigenvalue weighted by atomic mass is 19.1. The molecule has 1 N–H and O–H groups in total. The van der Waals surface area contributed by atoms with E-state index in [9.17, 15) is 19.1 Å². The van der Waals surface area contributed by atoms with Crippen molar-refractivity contribution in [2.45, 2.75) is 6.42 Å². The van der Waals surface area contributed by atoms with Gasteiger partial charge in [-0.15, -0.1) is 0 Å². The number of benzene rings is 1. The number of amides is 2. The van der Waals surface area contributed by atoms with Gasteiger partial charge in [-0.05, 0) is 18.2 Å². The van der Waals surface area contributed by atoms with Gasteiger partial charge in [0.2, 0.25) is 5.91 Å². The minimum atomic E-state index is -0.677. The number of aromatic nitrogens is 2. The lowest BCUT2D eigenvalue weighted by atomic mass is 10.1. The molecule has 1 saturated heterocycles. The summed E-state index contributed by atoms with van der Waals surface area (Å²) in [5, 5.41) is 9.44. The second kappa shape index (κ2) is 7.25. The third-order valence-electron chi connectivity index (χ3n) is 4.05. The number of hydrogen-bond donors (Lipinski definition) is 1. The molecular weight excluding hydrogens is 327 g/mol. The monoisotopic (exact) mass is 344 g/mol. The molecule has 1 aromatic heterocycles. The summed E-state index contributed by atoms with van der Waals surface area (Å²) in [6.07, 6.45) is 4.77. The van der Waals surface area contributed by atoms with E-state index < -0.39 is 11.7 Å². The van der Waals surface area contributed by atoms with E-state index in [1.54, 1.807) is 17.3 Å². The van der Waals surface area contributed by atoms with E-state index in [-0.39, 0.29) is 23.6 Å². The van der Waals surface area contributed by atoms with Crippen LogP contribution < -0.4 is 0 Å². The number of phenolic OH excluding ortho intramolecular Hbond substituents is 1. The third kappa shape index (κ3) is 3.90. The summed E-state index contributed by atoms with van der Waals surface area (Å²) >= 11 is 0. The van der Waals surface area contributed by atoms with Gasteiger partial charge >= 0.3 is 0 Å². The van der Waals surface area contributed by atoms with E-state index in [0.29, 0.717) is 31.9 Å². The molecule has 1 fully saturated rings. The van der Waals surface area contributed by atoms with Gasteiger partial charge in [-0.1, -0.05) is 0 Å². The number of piperazine rings is 1. The molecule has 8 heteroatoms. The van der Waals surface area contributed by atoms with Crippen LogP contribution in [0.1, 0.15) is 16.1 Å². The Morgan fingerprint density at radius 3 is 2.52 bits per heavy atom. The second-order valence-electron chi connectivity index (χ2n) is 5.71. The van der Waals surface area contributed by atoms with Gasteiger partial charge in [-0.2, -0.15) is 0 Å². The number of hydrogen-bond acceptors (Lipinski definition) is 5. The summed E-state index contributed by atoms with van der Waals surface area (Å²) in [7, 11) is 0. The largest absolute Gasteiger partial charge is 0.508 e. The van der Waals surface area contributed by atoms with Gasteiger partial charge in [0, 0.05) is 44.8 Å². The first-order chi connectivity index (χ1) is 12.0. The van der Waals surface area contributed by atoms with Crippen molar-refractivity contribution in [3.05, 3.63) is 53.9 Å². The van der Waals surface area contributed by atoms with Gasteiger partial charge in [-0.25, -0.2) is 4.39 Å². The normalized spacial score (nSPS) is 14.4. The Morgan fingerprint density at radius 2 is 1.84 bits per heavy atom. The highest BCUT2D eigenvalue weighted by molar-refractivity contribution is 5.95. The van der Waals surface area contributed by atoms with Crippen LogP contribution in [0.3, 0.4) is 0 Å². The summed E-state index contributed by atoms with van der Waals surface area (Å²) in [6.45, 7) is 1.34. The first-order valence-corrected chi connectivity index (χ1v) is 7.85. The van der Waals surface area contributed by atoms with Crippen molar-refractivity contribution in [1.82, 2.24) is 19.8 Å². The number of halogens is 1. The smallest absolute Gasteiger partial charge is 0.257 e. The van der Waals surface area contributed by atoms with Gasteiger partial charge in [0.25, 0.3) is 5.91 Å². The number of carbonyl (C=O) groups is 2. The molecule has 0 radical (unpaired) electrons. The van der Waals surface area contributed by atoms with Gasteiger partial charge in [0.05, 0.1) is 17.7 Å². The van der Waals surface area contributed by atoms with Crippen LogP contribution in [0.4, 0.5) is 4.39 Å². The van der Waals surface area contributed by atoms with Crippen LogP contribution in [0, 0.1) is 5.82 Å². The van der Waals surface area contributed by atoms with Crippen molar-refractivity contribution in [2.24, 2.45) is 0 Å². The summed E-state index contributed by atoms with van der Waals surface area (Å²) in [5.74, 6) is -1.42. The topological polar surface area (TPSA) is 86.6 Å². The Kier molecular flexibility index (Phi) is 4.87. The van der Waals surface area contributed by atoms with Crippen LogP contribution in [0.2, 0.25) is 0 Å². The lowest BCUT2D eigenvalue weighted by Crippen LogP contribution is -2.51. The molecule has 1 aliphatic rings. The van der Waals surface area contributed by atoms with Crippen LogP contribution in [0.5, 0.6) is 5.75 Å².